The number of hydrogen-bond donors (Lipinski definition) is 1. The molecule has 0 saturated carbocycles. The van der Waals surface area contributed by atoms with Gasteiger partial charge >= 0.3 is 0 Å². The third-order valence-electron chi connectivity index (χ3n) is 3.91. The van der Waals surface area contributed by atoms with E-state index in [2.05, 4.69) is 6.92 Å². The predicted molar refractivity (Wildman–Crippen MR) is 78.4 cm³/mol. The van der Waals surface area contributed by atoms with Crippen LogP contribution >= 0.6 is 0 Å². The third-order valence-corrected chi connectivity index (χ3v) is 3.91. The van der Waals surface area contributed by atoms with E-state index in [0.717, 1.165) is 24.2 Å². The summed E-state index contributed by atoms with van der Waals surface area (Å²) in [7, 11) is 3.95. The van der Waals surface area contributed by atoms with Crippen molar-refractivity contribution < 1.29 is 4.79 Å². The third kappa shape index (κ3) is 3.07. The highest BCUT2D eigenvalue weighted by Gasteiger charge is 2.26. The molecule has 0 bridgehead atoms. The Hall–Kier alpha value is -1.55. The molecule has 19 heavy (non-hydrogen) atoms. The van der Waals surface area contributed by atoms with E-state index in [1.807, 2.05) is 48.2 Å². The maximum atomic E-state index is 12.5. The number of anilines is 1. The number of carbonyl (C=O) groups is 1. The number of nitrogens with zero attached hydrogens (tertiary/aromatic N) is 2. The lowest BCUT2D eigenvalue weighted by Gasteiger charge is -2.35. The zero-order valence-corrected chi connectivity index (χ0v) is 12.0. The van der Waals surface area contributed by atoms with Gasteiger partial charge in [-0.2, -0.15) is 0 Å². The van der Waals surface area contributed by atoms with E-state index in [1.165, 1.54) is 0 Å². The van der Waals surface area contributed by atoms with Gasteiger partial charge in [0.05, 0.1) is 0 Å². The Kier molecular flexibility index (Phi) is 4.10. The van der Waals surface area contributed by atoms with Crippen LogP contribution in [-0.2, 0) is 0 Å². The molecule has 2 rings (SSSR count). The van der Waals surface area contributed by atoms with Crippen LogP contribution in [0.3, 0.4) is 0 Å². The van der Waals surface area contributed by atoms with Crippen LogP contribution in [0.4, 0.5) is 5.69 Å². The molecule has 1 aromatic rings. The topological polar surface area (TPSA) is 49.6 Å². The highest BCUT2D eigenvalue weighted by Crippen LogP contribution is 2.20. The second-order valence-corrected chi connectivity index (χ2v) is 5.63. The molecule has 2 N–H and O–H groups in total. The van der Waals surface area contributed by atoms with Gasteiger partial charge in [0, 0.05) is 44.5 Å². The molecular formula is C15H23N3O. The molecule has 1 saturated heterocycles. The summed E-state index contributed by atoms with van der Waals surface area (Å²) < 4.78 is 0. The lowest BCUT2D eigenvalue weighted by atomic mass is 9.94. The summed E-state index contributed by atoms with van der Waals surface area (Å²) >= 11 is 0. The van der Waals surface area contributed by atoms with Crippen LogP contribution < -0.4 is 10.6 Å². The summed E-state index contributed by atoms with van der Waals surface area (Å²) in [6.45, 7) is 3.62. The SMILES string of the molecule is CC1CCN(C(=O)c2cccc(N(C)C)c2)CC1N. The maximum Gasteiger partial charge on any atom is 0.253 e. The highest BCUT2D eigenvalue weighted by molar-refractivity contribution is 5.95. The van der Waals surface area contributed by atoms with Crippen LogP contribution in [0.1, 0.15) is 23.7 Å². The van der Waals surface area contributed by atoms with Crippen molar-refractivity contribution in [1.29, 1.82) is 0 Å². The van der Waals surface area contributed by atoms with Crippen molar-refractivity contribution in [3.8, 4) is 0 Å². The summed E-state index contributed by atoms with van der Waals surface area (Å²) in [6, 6.07) is 7.83. The second-order valence-electron chi connectivity index (χ2n) is 5.63. The summed E-state index contributed by atoms with van der Waals surface area (Å²) in [5.41, 5.74) is 7.85. The molecule has 2 unspecified atom stereocenters. The summed E-state index contributed by atoms with van der Waals surface area (Å²) in [5.74, 6) is 0.586. The van der Waals surface area contributed by atoms with E-state index in [0.29, 0.717) is 12.5 Å². The van der Waals surface area contributed by atoms with Crippen molar-refractivity contribution in [2.75, 3.05) is 32.1 Å². The number of amides is 1. The predicted octanol–water partition coefficient (Wildman–Crippen LogP) is 1.56. The minimum Gasteiger partial charge on any atom is -0.378 e. The van der Waals surface area contributed by atoms with E-state index in [9.17, 15) is 4.79 Å². The Morgan fingerprint density at radius 3 is 2.79 bits per heavy atom. The molecular weight excluding hydrogens is 238 g/mol. The van der Waals surface area contributed by atoms with E-state index < -0.39 is 0 Å². The van der Waals surface area contributed by atoms with Gasteiger partial charge in [-0.3, -0.25) is 4.79 Å². The minimum atomic E-state index is 0.0889. The molecule has 0 aromatic heterocycles. The Morgan fingerprint density at radius 1 is 1.42 bits per heavy atom. The molecule has 1 heterocycles. The first-order valence-corrected chi connectivity index (χ1v) is 6.81. The van der Waals surface area contributed by atoms with Crippen molar-refractivity contribution in [1.82, 2.24) is 4.90 Å². The van der Waals surface area contributed by atoms with Crippen LogP contribution in [0.5, 0.6) is 0 Å². The fourth-order valence-electron chi connectivity index (χ4n) is 2.38. The zero-order valence-electron chi connectivity index (χ0n) is 12.0. The van der Waals surface area contributed by atoms with Gasteiger partial charge in [0.25, 0.3) is 5.91 Å². The summed E-state index contributed by atoms with van der Waals surface area (Å²) in [5, 5.41) is 0. The molecule has 2 atom stereocenters. The summed E-state index contributed by atoms with van der Waals surface area (Å²) in [4.78, 5) is 16.4. The van der Waals surface area contributed by atoms with E-state index in [1.54, 1.807) is 0 Å². The van der Waals surface area contributed by atoms with Crippen molar-refractivity contribution >= 4 is 11.6 Å². The van der Waals surface area contributed by atoms with Crippen LogP contribution in [0.25, 0.3) is 0 Å². The molecule has 1 aliphatic heterocycles. The van der Waals surface area contributed by atoms with Gasteiger partial charge in [-0.15, -0.1) is 0 Å². The molecule has 1 fully saturated rings. The Balaban J connectivity index is 2.13. The van der Waals surface area contributed by atoms with Crippen molar-refractivity contribution in [3.63, 3.8) is 0 Å². The first-order valence-electron chi connectivity index (χ1n) is 6.81. The van der Waals surface area contributed by atoms with Crippen LogP contribution in [-0.4, -0.2) is 44.0 Å². The number of benzene rings is 1. The molecule has 0 aliphatic carbocycles. The number of rotatable bonds is 2. The van der Waals surface area contributed by atoms with E-state index >= 15 is 0 Å². The zero-order chi connectivity index (χ0) is 14.0. The Morgan fingerprint density at radius 2 is 2.16 bits per heavy atom. The quantitative estimate of drug-likeness (QED) is 0.879. The molecule has 1 aromatic carbocycles. The minimum absolute atomic E-state index is 0.0889. The second kappa shape index (κ2) is 5.61. The van der Waals surface area contributed by atoms with E-state index in [-0.39, 0.29) is 11.9 Å². The van der Waals surface area contributed by atoms with Gasteiger partial charge < -0.3 is 15.5 Å². The lowest BCUT2D eigenvalue weighted by molar-refractivity contribution is 0.0672. The Labute approximate surface area is 115 Å². The number of carbonyl (C=O) groups excluding carboxylic acids is 1. The number of piperidine rings is 1. The van der Waals surface area contributed by atoms with Gasteiger partial charge in [-0.1, -0.05) is 13.0 Å². The first-order chi connectivity index (χ1) is 8.99. The van der Waals surface area contributed by atoms with Gasteiger partial charge in [-0.05, 0) is 30.5 Å². The smallest absolute Gasteiger partial charge is 0.253 e. The van der Waals surface area contributed by atoms with Crippen molar-refractivity contribution in [2.24, 2.45) is 11.7 Å². The average molecular weight is 261 g/mol. The molecule has 4 heteroatoms. The number of nitrogens with two attached hydrogens (primary N) is 1. The average Bonchev–Trinajstić information content (AvgIpc) is 2.41. The number of hydrogen-bond acceptors (Lipinski definition) is 3. The molecule has 4 nitrogen and oxygen atoms in total. The Bertz CT molecular complexity index is 458. The van der Waals surface area contributed by atoms with Crippen molar-refractivity contribution in [3.05, 3.63) is 29.8 Å². The number of likely N-dealkylation sites (tertiary alicyclic amines) is 1. The normalized spacial score (nSPS) is 23.3. The van der Waals surface area contributed by atoms with E-state index in [4.69, 9.17) is 5.73 Å². The van der Waals surface area contributed by atoms with Crippen LogP contribution in [0.15, 0.2) is 24.3 Å². The van der Waals surface area contributed by atoms with Crippen LogP contribution in [0, 0.1) is 5.92 Å². The molecule has 1 amide bonds. The summed E-state index contributed by atoms with van der Waals surface area (Å²) in [6.07, 6.45) is 0.986. The van der Waals surface area contributed by atoms with Gasteiger partial charge in [0.1, 0.15) is 0 Å². The van der Waals surface area contributed by atoms with Gasteiger partial charge in [0.2, 0.25) is 0 Å². The maximum absolute atomic E-state index is 12.5. The monoisotopic (exact) mass is 261 g/mol. The van der Waals surface area contributed by atoms with Crippen LogP contribution in [0.2, 0.25) is 0 Å². The molecule has 0 radical (unpaired) electrons. The highest BCUT2D eigenvalue weighted by atomic mass is 16.2. The largest absolute Gasteiger partial charge is 0.378 e. The first kappa shape index (κ1) is 13.9. The lowest BCUT2D eigenvalue weighted by Crippen LogP contribution is -2.49. The standard InChI is InChI=1S/C15H23N3O/c1-11-7-8-18(10-14(11)16)15(19)12-5-4-6-13(9-12)17(2)3/h4-6,9,11,14H,7-8,10,16H2,1-3H3. The molecule has 1 aliphatic rings. The molecule has 0 spiro atoms. The fourth-order valence-corrected chi connectivity index (χ4v) is 2.38. The molecule has 104 valence electrons. The van der Waals surface area contributed by atoms with Crippen molar-refractivity contribution in [2.45, 2.75) is 19.4 Å². The van der Waals surface area contributed by atoms with Gasteiger partial charge in [-0.25, -0.2) is 0 Å². The fraction of sp³-hybridized carbons (Fsp3) is 0.533. The van der Waals surface area contributed by atoms with Gasteiger partial charge in [0.15, 0.2) is 0 Å².